The molecule has 6 heteroatoms. The fraction of sp³-hybridized carbons (Fsp3) is 0.333. The van der Waals surface area contributed by atoms with Crippen molar-refractivity contribution in [3.05, 3.63) is 60.2 Å². The lowest BCUT2D eigenvalue weighted by Crippen LogP contribution is -2.21. The molecule has 0 bridgehead atoms. The highest BCUT2D eigenvalue weighted by Gasteiger charge is 2.11. The molecule has 6 nitrogen and oxygen atoms in total. The van der Waals surface area contributed by atoms with Crippen molar-refractivity contribution in [3.8, 4) is 11.1 Å². The van der Waals surface area contributed by atoms with E-state index in [0.29, 0.717) is 6.54 Å². The topological polar surface area (TPSA) is 68.5 Å². The maximum Gasteiger partial charge on any atom is 0.165 e. The normalized spacial score (nSPS) is 12.5. The molecule has 1 N–H and O–H groups in total. The highest BCUT2D eigenvalue weighted by Crippen LogP contribution is 2.21. The fourth-order valence-corrected chi connectivity index (χ4v) is 2.59. The minimum atomic E-state index is 0.213. The van der Waals surface area contributed by atoms with Crippen LogP contribution in [0.15, 0.2) is 48.8 Å². The molecular formula is C18H22N6. The van der Waals surface area contributed by atoms with Crippen LogP contribution in [0.4, 0.5) is 0 Å². The van der Waals surface area contributed by atoms with Crippen LogP contribution in [0.1, 0.15) is 44.2 Å². The van der Waals surface area contributed by atoms with Gasteiger partial charge in [0.15, 0.2) is 5.82 Å². The summed E-state index contributed by atoms with van der Waals surface area (Å²) >= 11 is 0. The molecule has 1 atom stereocenters. The average molecular weight is 322 g/mol. The number of pyridine rings is 1. The van der Waals surface area contributed by atoms with Crippen molar-refractivity contribution >= 4 is 0 Å². The molecule has 24 heavy (non-hydrogen) atoms. The quantitative estimate of drug-likeness (QED) is 0.755. The molecule has 0 fully saturated rings. The number of nitrogens with one attached hydrogen (secondary N) is 1. The zero-order valence-electron chi connectivity index (χ0n) is 14.2. The van der Waals surface area contributed by atoms with E-state index in [4.69, 9.17) is 0 Å². The Morgan fingerprint density at radius 3 is 2.50 bits per heavy atom. The number of rotatable bonds is 6. The van der Waals surface area contributed by atoms with Crippen molar-refractivity contribution in [2.45, 2.75) is 39.4 Å². The number of benzene rings is 1. The average Bonchev–Trinajstić information content (AvgIpc) is 3.09. The summed E-state index contributed by atoms with van der Waals surface area (Å²) in [5.41, 5.74) is 3.52. The standard InChI is InChI=1S/C18H22N6/c1-13(2)24-18(21-22-23-24)12-20-14(3)15-6-8-16(9-7-15)17-5-4-10-19-11-17/h4-11,13-14,20H,12H2,1-3H3/t14-/m1/s1. The third-order valence-electron chi connectivity index (χ3n) is 4.02. The Morgan fingerprint density at radius 2 is 1.83 bits per heavy atom. The maximum atomic E-state index is 4.17. The molecule has 2 aromatic heterocycles. The molecule has 0 aliphatic rings. The van der Waals surface area contributed by atoms with Gasteiger partial charge in [0.1, 0.15) is 0 Å². The number of tetrazole rings is 1. The van der Waals surface area contributed by atoms with Gasteiger partial charge in [-0.25, -0.2) is 4.68 Å². The second-order valence-corrected chi connectivity index (χ2v) is 6.10. The Bertz CT molecular complexity index is 764. The van der Waals surface area contributed by atoms with Crippen molar-refractivity contribution in [2.75, 3.05) is 0 Å². The molecule has 0 saturated carbocycles. The Morgan fingerprint density at radius 1 is 1.04 bits per heavy atom. The van der Waals surface area contributed by atoms with Gasteiger partial charge in [0, 0.05) is 18.4 Å². The van der Waals surface area contributed by atoms with Gasteiger partial charge in [0.2, 0.25) is 0 Å². The van der Waals surface area contributed by atoms with Gasteiger partial charge in [-0.1, -0.05) is 30.3 Å². The van der Waals surface area contributed by atoms with Crippen molar-refractivity contribution in [1.29, 1.82) is 0 Å². The Hall–Kier alpha value is -2.60. The second-order valence-electron chi connectivity index (χ2n) is 6.10. The number of hydrogen-bond acceptors (Lipinski definition) is 5. The predicted octanol–water partition coefficient (Wildman–Crippen LogP) is 3.17. The lowest BCUT2D eigenvalue weighted by Gasteiger charge is -2.15. The minimum Gasteiger partial charge on any atom is -0.303 e. The Labute approximate surface area is 141 Å². The van der Waals surface area contributed by atoms with E-state index in [1.54, 1.807) is 6.20 Å². The van der Waals surface area contributed by atoms with Crippen molar-refractivity contribution in [3.63, 3.8) is 0 Å². The van der Waals surface area contributed by atoms with E-state index in [2.05, 4.69) is 76.9 Å². The summed E-state index contributed by atoms with van der Waals surface area (Å²) in [6.45, 7) is 6.92. The summed E-state index contributed by atoms with van der Waals surface area (Å²) in [7, 11) is 0. The van der Waals surface area contributed by atoms with E-state index in [9.17, 15) is 0 Å². The summed E-state index contributed by atoms with van der Waals surface area (Å²) in [4.78, 5) is 4.17. The van der Waals surface area contributed by atoms with Gasteiger partial charge in [-0.3, -0.25) is 4.98 Å². The van der Waals surface area contributed by atoms with Gasteiger partial charge < -0.3 is 5.32 Å². The predicted molar refractivity (Wildman–Crippen MR) is 93.1 cm³/mol. The van der Waals surface area contributed by atoms with E-state index in [-0.39, 0.29) is 12.1 Å². The van der Waals surface area contributed by atoms with E-state index >= 15 is 0 Å². The first-order valence-electron chi connectivity index (χ1n) is 8.15. The summed E-state index contributed by atoms with van der Waals surface area (Å²) in [6, 6.07) is 13.0. The van der Waals surface area contributed by atoms with Gasteiger partial charge >= 0.3 is 0 Å². The first-order chi connectivity index (χ1) is 11.6. The van der Waals surface area contributed by atoms with Crippen LogP contribution in [-0.2, 0) is 6.54 Å². The van der Waals surface area contributed by atoms with Crippen LogP contribution in [0.5, 0.6) is 0 Å². The van der Waals surface area contributed by atoms with Gasteiger partial charge in [-0.15, -0.1) is 5.10 Å². The van der Waals surface area contributed by atoms with E-state index < -0.39 is 0 Å². The number of aromatic nitrogens is 5. The molecule has 124 valence electrons. The minimum absolute atomic E-state index is 0.213. The zero-order chi connectivity index (χ0) is 16.9. The molecular weight excluding hydrogens is 300 g/mol. The summed E-state index contributed by atoms with van der Waals surface area (Å²) < 4.78 is 1.84. The molecule has 0 amide bonds. The van der Waals surface area contributed by atoms with Crippen LogP contribution in [0.3, 0.4) is 0 Å². The van der Waals surface area contributed by atoms with Crippen molar-refractivity contribution in [2.24, 2.45) is 0 Å². The van der Waals surface area contributed by atoms with Crippen LogP contribution in [0.2, 0.25) is 0 Å². The summed E-state index contributed by atoms with van der Waals surface area (Å²) in [5.74, 6) is 0.851. The molecule has 0 aliphatic carbocycles. The van der Waals surface area contributed by atoms with Gasteiger partial charge in [-0.05, 0) is 54.0 Å². The largest absolute Gasteiger partial charge is 0.303 e. The van der Waals surface area contributed by atoms with E-state index in [1.165, 1.54) is 11.1 Å². The first kappa shape index (κ1) is 16.3. The SMILES string of the molecule is CC(C)n1nnnc1CN[C@H](C)c1ccc(-c2cccnc2)cc1. The number of nitrogens with zero attached hydrogens (tertiary/aromatic N) is 5. The van der Waals surface area contributed by atoms with Crippen LogP contribution in [0.25, 0.3) is 11.1 Å². The third-order valence-corrected chi connectivity index (χ3v) is 4.02. The molecule has 0 unspecified atom stereocenters. The molecule has 0 saturated heterocycles. The fourth-order valence-electron chi connectivity index (χ4n) is 2.59. The monoisotopic (exact) mass is 322 g/mol. The van der Waals surface area contributed by atoms with Crippen LogP contribution in [-0.4, -0.2) is 25.2 Å². The third kappa shape index (κ3) is 3.65. The van der Waals surface area contributed by atoms with Crippen molar-refractivity contribution in [1.82, 2.24) is 30.5 Å². The number of hydrogen-bond donors (Lipinski definition) is 1. The molecule has 2 heterocycles. The van der Waals surface area contributed by atoms with Crippen LogP contribution >= 0.6 is 0 Å². The summed E-state index contributed by atoms with van der Waals surface area (Å²) in [5, 5.41) is 15.3. The lowest BCUT2D eigenvalue weighted by atomic mass is 10.0. The molecule has 0 spiro atoms. The van der Waals surface area contributed by atoms with Crippen LogP contribution in [0, 0.1) is 0 Å². The van der Waals surface area contributed by atoms with Crippen LogP contribution < -0.4 is 5.32 Å². The molecule has 1 aromatic carbocycles. The maximum absolute atomic E-state index is 4.17. The van der Waals surface area contributed by atoms with Crippen molar-refractivity contribution < 1.29 is 0 Å². The lowest BCUT2D eigenvalue weighted by molar-refractivity contribution is 0.468. The second kappa shape index (κ2) is 7.31. The van der Waals surface area contributed by atoms with Gasteiger partial charge in [0.25, 0.3) is 0 Å². The molecule has 0 radical (unpaired) electrons. The smallest absolute Gasteiger partial charge is 0.165 e. The summed E-state index contributed by atoms with van der Waals surface area (Å²) in [6.07, 6.45) is 3.66. The highest BCUT2D eigenvalue weighted by atomic mass is 15.5. The van der Waals surface area contributed by atoms with E-state index in [0.717, 1.165) is 11.4 Å². The zero-order valence-corrected chi connectivity index (χ0v) is 14.2. The molecule has 3 rings (SSSR count). The molecule has 3 aromatic rings. The Balaban J connectivity index is 1.65. The van der Waals surface area contributed by atoms with Gasteiger partial charge in [0.05, 0.1) is 12.6 Å². The Kier molecular flexibility index (Phi) is 4.96. The van der Waals surface area contributed by atoms with E-state index in [1.807, 2.05) is 16.9 Å². The highest BCUT2D eigenvalue weighted by molar-refractivity contribution is 5.62. The van der Waals surface area contributed by atoms with Gasteiger partial charge in [-0.2, -0.15) is 0 Å². The first-order valence-corrected chi connectivity index (χ1v) is 8.15. The molecule has 0 aliphatic heterocycles.